The molecule has 0 aromatic carbocycles. The summed E-state index contributed by atoms with van der Waals surface area (Å²) < 4.78 is 0. The highest BCUT2D eigenvalue weighted by Crippen LogP contribution is 2.41. The second-order valence-electron chi connectivity index (χ2n) is 4.42. The summed E-state index contributed by atoms with van der Waals surface area (Å²) in [6, 6.07) is 8.97. The van der Waals surface area contributed by atoms with Crippen molar-refractivity contribution in [2.75, 3.05) is 0 Å². The second-order valence-corrected chi connectivity index (χ2v) is 4.42. The fourth-order valence-electron chi connectivity index (χ4n) is 1.98. The van der Waals surface area contributed by atoms with E-state index in [1.807, 2.05) is 18.2 Å². The Morgan fingerprint density at radius 3 is 2.61 bits per heavy atom. The van der Waals surface area contributed by atoms with Crippen molar-refractivity contribution in [3.8, 4) is 11.4 Å². The van der Waals surface area contributed by atoms with Gasteiger partial charge in [-0.05, 0) is 37.1 Å². The molecule has 0 spiro atoms. The minimum absolute atomic E-state index is 0.305. The van der Waals surface area contributed by atoms with Gasteiger partial charge in [0.1, 0.15) is 0 Å². The largest absolute Gasteiger partial charge is 0.478 e. The first-order valence-electron chi connectivity index (χ1n) is 5.91. The SMILES string of the molecule is O=C(O)c1ccc(-c2ccccn2)nc1C1CC1. The maximum absolute atomic E-state index is 11.1. The molecular weight excluding hydrogens is 228 g/mol. The number of carboxylic acids is 1. The van der Waals surface area contributed by atoms with Gasteiger partial charge in [0, 0.05) is 12.1 Å². The first kappa shape index (κ1) is 10.9. The molecule has 4 nitrogen and oxygen atoms in total. The maximum Gasteiger partial charge on any atom is 0.337 e. The zero-order chi connectivity index (χ0) is 12.5. The van der Waals surface area contributed by atoms with E-state index >= 15 is 0 Å². The molecule has 0 atom stereocenters. The molecule has 0 saturated heterocycles. The van der Waals surface area contributed by atoms with Gasteiger partial charge in [-0.3, -0.25) is 4.98 Å². The van der Waals surface area contributed by atoms with E-state index in [1.165, 1.54) is 0 Å². The molecule has 1 saturated carbocycles. The summed E-state index contributed by atoms with van der Waals surface area (Å²) in [6.07, 6.45) is 3.76. The van der Waals surface area contributed by atoms with E-state index in [1.54, 1.807) is 18.3 Å². The summed E-state index contributed by atoms with van der Waals surface area (Å²) in [5.74, 6) is -0.600. The molecule has 1 aliphatic carbocycles. The number of nitrogens with zero attached hydrogens (tertiary/aromatic N) is 2. The van der Waals surface area contributed by atoms with E-state index < -0.39 is 5.97 Å². The molecule has 4 heteroatoms. The minimum Gasteiger partial charge on any atom is -0.478 e. The predicted molar refractivity (Wildman–Crippen MR) is 66.4 cm³/mol. The van der Waals surface area contributed by atoms with Crippen LogP contribution in [0.25, 0.3) is 11.4 Å². The Morgan fingerprint density at radius 1 is 1.17 bits per heavy atom. The fourth-order valence-corrected chi connectivity index (χ4v) is 1.98. The molecular formula is C14H12N2O2. The molecule has 1 aliphatic rings. The topological polar surface area (TPSA) is 63.1 Å². The Balaban J connectivity index is 2.08. The molecule has 1 N–H and O–H groups in total. The third-order valence-electron chi connectivity index (χ3n) is 3.05. The van der Waals surface area contributed by atoms with Crippen LogP contribution in [0.2, 0.25) is 0 Å². The van der Waals surface area contributed by atoms with Crippen molar-refractivity contribution in [2.45, 2.75) is 18.8 Å². The molecule has 90 valence electrons. The van der Waals surface area contributed by atoms with Crippen molar-refractivity contribution in [2.24, 2.45) is 0 Å². The van der Waals surface area contributed by atoms with Crippen molar-refractivity contribution in [1.29, 1.82) is 0 Å². The molecule has 0 radical (unpaired) electrons. The molecule has 2 aromatic heterocycles. The highest BCUT2D eigenvalue weighted by molar-refractivity contribution is 5.89. The highest BCUT2D eigenvalue weighted by Gasteiger charge is 2.30. The van der Waals surface area contributed by atoms with Gasteiger partial charge in [0.2, 0.25) is 0 Å². The van der Waals surface area contributed by atoms with E-state index in [4.69, 9.17) is 5.11 Å². The number of pyridine rings is 2. The van der Waals surface area contributed by atoms with Crippen LogP contribution in [-0.4, -0.2) is 21.0 Å². The zero-order valence-electron chi connectivity index (χ0n) is 9.71. The van der Waals surface area contributed by atoms with Crippen LogP contribution in [0, 0.1) is 0 Å². The fraction of sp³-hybridized carbons (Fsp3) is 0.214. The number of carbonyl (C=O) groups is 1. The van der Waals surface area contributed by atoms with Crippen molar-refractivity contribution in [1.82, 2.24) is 9.97 Å². The van der Waals surface area contributed by atoms with Crippen LogP contribution < -0.4 is 0 Å². The van der Waals surface area contributed by atoms with E-state index in [0.29, 0.717) is 17.2 Å². The van der Waals surface area contributed by atoms with Gasteiger partial charge in [0.05, 0.1) is 22.6 Å². The van der Waals surface area contributed by atoms with E-state index in [9.17, 15) is 4.79 Å². The third kappa shape index (κ3) is 1.97. The second kappa shape index (κ2) is 4.22. The van der Waals surface area contributed by atoms with Crippen LogP contribution in [0.4, 0.5) is 0 Å². The Labute approximate surface area is 104 Å². The van der Waals surface area contributed by atoms with Gasteiger partial charge in [0.25, 0.3) is 0 Å². The molecule has 0 unspecified atom stereocenters. The summed E-state index contributed by atoms with van der Waals surface area (Å²) in [7, 11) is 0. The monoisotopic (exact) mass is 240 g/mol. The van der Waals surface area contributed by atoms with Crippen LogP contribution in [0.3, 0.4) is 0 Å². The van der Waals surface area contributed by atoms with E-state index in [2.05, 4.69) is 9.97 Å². The summed E-state index contributed by atoms with van der Waals surface area (Å²) >= 11 is 0. The van der Waals surface area contributed by atoms with Gasteiger partial charge >= 0.3 is 5.97 Å². The predicted octanol–water partition coefficient (Wildman–Crippen LogP) is 2.72. The van der Waals surface area contributed by atoms with Gasteiger partial charge in [0.15, 0.2) is 0 Å². The average Bonchev–Trinajstić information content (AvgIpc) is 3.23. The van der Waals surface area contributed by atoms with Crippen LogP contribution in [0.15, 0.2) is 36.5 Å². The van der Waals surface area contributed by atoms with Crippen LogP contribution >= 0.6 is 0 Å². The molecule has 0 amide bonds. The Kier molecular flexibility index (Phi) is 2.55. The number of aromatic carboxylic acids is 1. The standard InChI is InChI=1S/C14H12N2O2/c17-14(18)10-6-7-12(11-3-1-2-8-15-11)16-13(10)9-4-5-9/h1-3,6-9H,4-5H2,(H,17,18). The Hall–Kier alpha value is -2.23. The molecule has 2 heterocycles. The first-order chi connectivity index (χ1) is 8.75. The summed E-state index contributed by atoms with van der Waals surface area (Å²) in [5, 5.41) is 9.15. The molecule has 0 bridgehead atoms. The van der Waals surface area contributed by atoms with E-state index in [0.717, 1.165) is 24.2 Å². The molecule has 3 rings (SSSR count). The lowest BCUT2D eigenvalue weighted by atomic mass is 10.1. The summed E-state index contributed by atoms with van der Waals surface area (Å²) in [5.41, 5.74) is 2.53. The summed E-state index contributed by atoms with van der Waals surface area (Å²) in [6.45, 7) is 0. The maximum atomic E-state index is 11.1. The number of aromatic nitrogens is 2. The van der Waals surface area contributed by atoms with Gasteiger partial charge in [-0.2, -0.15) is 0 Å². The average molecular weight is 240 g/mol. The van der Waals surface area contributed by atoms with Gasteiger partial charge in [-0.1, -0.05) is 6.07 Å². The number of rotatable bonds is 3. The van der Waals surface area contributed by atoms with Crippen molar-refractivity contribution >= 4 is 5.97 Å². The van der Waals surface area contributed by atoms with Crippen LogP contribution in [0.1, 0.15) is 34.8 Å². The molecule has 18 heavy (non-hydrogen) atoms. The van der Waals surface area contributed by atoms with Crippen LogP contribution in [0.5, 0.6) is 0 Å². The van der Waals surface area contributed by atoms with Gasteiger partial charge in [-0.25, -0.2) is 9.78 Å². The first-order valence-corrected chi connectivity index (χ1v) is 5.91. The Bertz CT molecular complexity index is 592. The normalized spacial score (nSPS) is 14.4. The van der Waals surface area contributed by atoms with E-state index in [-0.39, 0.29) is 0 Å². The molecule has 0 aliphatic heterocycles. The van der Waals surface area contributed by atoms with Crippen LogP contribution in [-0.2, 0) is 0 Å². The third-order valence-corrected chi connectivity index (χ3v) is 3.05. The van der Waals surface area contributed by atoms with Crippen molar-refractivity contribution in [3.63, 3.8) is 0 Å². The lowest BCUT2D eigenvalue weighted by molar-refractivity contribution is 0.0695. The lowest BCUT2D eigenvalue weighted by Crippen LogP contribution is -2.05. The number of hydrogen-bond donors (Lipinski definition) is 1. The number of hydrogen-bond acceptors (Lipinski definition) is 3. The highest BCUT2D eigenvalue weighted by atomic mass is 16.4. The molecule has 2 aromatic rings. The zero-order valence-corrected chi connectivity index (χ0v) is 9.71. The van der Waals surface area contributed by atoms with Crippen molar-refractivity contribution in [3.05, 3.63) is 47.8 Å². The smallest absolute Gasteiger partial charge is 0.337 e. The Morgan fingerprint density at radius 2 is 2.00 bits per heavy atom. The van der Waals surface area contributed by atoms with Gasteiger partial charge < -0.3 is 5.11 Å². The number of carboxylic acid groups (broad SMARTS) is 1. The van der Waals surface area contributed by atoms with Crippen molar-refractivity contribution < 1.29 is 9.90 Å². The molecule has 1 fully saturated rings. The van der Waals surface area contributed by atoms with Gasteiger partial charge in [-0.15, -0.1) is 0 Å². The summed E-state index contributed by atoms with van der Waals surface area (Å²) in [4.78, 5) is 19.9. The quantitative estimate of drug-likeness (QED) is 0.895. The lowest BCUT2D eigenvalue weighted by Gasteiger charge is -2.06. The minimum atomic E-state index is -0.906.